The summed E-state index contributed by atoms with van der Waals surface area (Å²) < 4.78 is 0. The first kappa shape index (κ1) is 32.5. The average Bonchev–Trinajstić information content (AvgIpc) is 3.25. The molecule has 1 aliphatic heterocycles. The summed E-state index contributed by atoms with van der Waals surface area (Å²) in [7, 11) is 0. The number of rotatable bonds is 13. The number of unbranched alkanes of at least 4 members (excludes halogenated alkanes) is 2. The maximum Gasteiger partial charge on any atom is 0.253 e. The van der Waals surface area contributed by atoms with Crippen LogP contribution in [0.5, 0.6) is 5.75 Å². The molecule has 0 saturated carbocycles. The van der Waals surface area contributed by atoms with E-state index in [0.29, 0.717) is 43.2 Å². The minimum Gasteiger partial charge on any atom is -0.508 e. The first-order valence-corrected chi connectivity index (χ1v) is 12.7. The molecule has 1 saturated heterocycles. The monoisotopic (exact) mass is 644 g/mol. The molecule has 2 rings (SSSR count). The van der Waals surface area contributed by atoms with Gasteiger partial charge in [0, 0.05) is 39.7 Å². The fourth-order valence-corrected chi connectivity index (χ4v) is 3.95. The van der Waals surface area contributed by atoms with Crippen LogP contribution in [0.2, 0.25) is 0 Å². The van der Waals surface area contributed by atoms with Crippen LogP contribution in [-0.2, 0) is 21.1 Å². The number of phenolic OH excluding ortho intramolecular Hbond substituents is 1. The van der Waals surface area contributed by atoms with Crippen LogP contribution in [0.1, 0.15) is 95.8 Å². The number of aromatic hydroxyl groups is 1. The normalized spacial score (nSPS) is 15.1. The number of benzene rings is 1. The molecule has 1 atom stereocenters. The number of carbonyl (C=O) groups is 1. The minimum absolute atomic E-state index is 0. The Kier molecular flexibility index (Phi) is 17.0. The van der Waals surface area contributed by atoms with E-state index in [1.54, 1.807) is 18.2 Å². The molecule has 1 aromatic rings. The number of likely N-dealkylation sites (tertiary alicyclic amines) is 1. The summed E-state index contributed by atoms with van der Waals surface area (Å²) in [6.45, 7) is 14.5. The van der Waals surface area contributed by atoms with Gasteiger partial charge in [0.2, 0.25) is 0 Å². The molecule has 1 amide bonds. The molecule has 34 heavy (non-hydrogen) atoms. The Morgan fingerprint density at radius 3 is 2.38 bits per heavy atom. The standard InChI is InChI=1S/C24H38N3O3.C3H8.W/c1-4-6-13-24(30,14-7-5-2)26-19(3)25-15-11-20-12-16-27(18-20)23(29)21-9-8-10-22(28)17-21;1-3-2;/h8-10,17,20,26,28,30H,3-7,11-16,18H2,1-2H3;3H2,1-2H3;/q-1;;. The Bertz CT molecular complexity index is 706. The van der Waals surface area contributed by atoms with Crippen LogP contribution in [0, 0.1) is 5.92 Å². The van der Waals surface area contributed by atoms with E-state index in [-0.39, 0.29) is 32.7 Å². The van der Waals surface area contributed by atoms with Crippen molar-refractivity contribution >= 4 is 5.91 Å². The quantitative estimate of drug-likeness (QED) is 0.225. The first-order valence-electron chi connectivity index (χ1n) is 12.7. The Hall–Kier alpha value is -1.52. The molecular weight excluding hydrogens is 598 g/mol. The van der Waals surface area contributed by atoms with Crippen LogP contribution in [0.3, 0.4) is 0 Å². The summed E-state index contributed by atoms with van der Waals surface area (Å²) in [5, 5.41) is 28.1. The van der Waals surface area contributed by atoms with Crippen molar-refractivity contribution in [3.05, 3.63) is 47.5 Å². The molecule has 1 unspecified atom stereocenters. The molecule has 1 aromatic carbocycles. The van der Waals surface area contributed by atoms with Crippen molar-refractivity contribution in [1.82, 2.24) is 10.2 Å². The summed E-state index contributed by atoms with van der Waals surface area (Å²) in [5.41, 5.74) is -0.402. The Labute approximate surface area is 221 Å². The van der Waals surface area contributed by atoms with Crippen molar-refractivity contribution < 1.29 is 36.1 Å². The molecule has 0 aliphatic carbocycles. The Morgan fingerprint density at radius 2 is 1.82 bits per heavy atom. The third-order valence-electron chi connectivity index (χ3n) is 5.77. The number of carbonyl (C=O) groups excluding carboxylic acids is 1. The zero-order valence-electron chi connectivity index (χ0n) is 21.7. The van der Waals surface area contributed by atoms with Crippen LogP contribution < -0.4 is 5.32 Å². The summed E-state index contributed by atoms with van der Waals surface area (Å²) in [4.78, 5) is 14.4. The van der Waals surface area contributed by atoms with Gasteiger partial charge in [-0.2, -0.15) is 0 Å². The van der Waals surface area contributed by atoms with Gasteiger partial charge in [0.25, 0.3) is 5.91 Å². The number of phenols is 1. The molecule has 7 heteroatoms. The molecule has 0 bridgehead atoms. The van der Waals surface area contributed by atoms with E-state index in [2.05, 4.69) is 44.9 Å². The molecular formula is C27H46N3O3W-. The number of amides is 1. The van der Waals surface area contributed by atoms with Crippen LogP contribution in [0.25, 0.3) is 5.32 Å². The van der Waals surface area contributed by atoms with Gasteiger partial charge in [-0.05, 0) is 49.8 Å². The summed E-state index contributed by atoms with van der Waals surface area (Å²) >= 11 is 0. The Morgan fingerprint density at radius 1 is 1.21 bits per heavy atom. The number of aliphatic hydroxyl groups is 1. The van der Waals surface area contributed by atoms with E-state index in [1.165, 1.54) is 12.5 Å². The second kappa shape index (κ2) is 17.8. The van der Waals surface area contributed by atoms with E-state index >= 15 is 0 Å². The van der Waals surface area contributed by atoms with Crippen LogP contribution in [0.4, 0.5) is 0 Å². The van der Waals surface area contributed by atoms with Gasteiger partial charge < -0.3 is 25.7 Å². The number of nitrogens with one attached hydrogen (secondary N) is 1. The van der Waals surface area contributed by atoms with Crippen molar-refractivity contribution in [3.63, 3.8) is 0 Å². The van der Waals surface area contributed by atoms with Crippen molar-refractivity contribution in [1.29, 1.82) is 0 Å². The molecule has 194 valence electrons. The van der Waals surface area contributed by atoms with Gasteiger partial charge in [-0.3, -0.25) is 4.79 Å². The van der Waals surface area contributed by atoms with Gasteiger partial charge in [0.05, 0.1) is 5.72 Å². The number of hydrogen-bond donors (Lipinski definition) is 3. The van der Waals surface area contributed by atoms with Crippen molar-refractivity contribution in [3.8, 4) is 5.75 Å². The fraction of sp³-hybridized carbons (Fsp3) is 0.667. The fourth-order valence-electron chi connectivity index (χ4n) is 3.95. The molecule has 6 nitrogen and oxygen atoms in total. The molecule has 3 N–H and O–H groups in total. The summed E-state index contributed by atoms with van der Waals surface area (Å²) in [6, 6.07) is 6.50. The van der Waals surface area contributed by atoms with E-state index in [0.717, 1.165) is 45.1 Å². The third-order valence-corrected chi connectivity index (χ3v) is 5.77. The topological polar surface area (TPSA) is 86.9 Å². The molecule has 1 heterocycles. The molecule has 1 aliphatic rings. The van der Waals surface area contributed by atoms with Crippen molar-refractivity contribution in [2.75, 3.05) is 19.6 Å². The minimum atomic E-state index is -0.926. The molecule has 0 radical (unpaired) electrons. The first-order chi connectivity index (χ1) is 15.8. The van der Waals surface area contributed by atoms with Crippen LogP contribution >= 0.6 is 0 Å². The maximum absolute atomic E-state index is 12.6. The third kappa shape index (κ3) is 12.3. The van der Waals surface area contributed by atoms with Gasteiger partial charge in [-0.25, -0.2) is 0 Å². The SMILES string of the molecule is C=C([N-]CCC1CCN(C(=O)c2cccc(O)c2)C1)NC(O)(CCCC)CCCC.CCC.[W]. The van der Waals surface area contributed by atoms with Crippen LogP contribution in [-0.4, -0.2) is 46.4 Å². The van der Waals surface area contributed by atoms with Gasteiger partial charge in [0.15, 0.2) is 0 Å². The zero-order valence-corrected chi connectivity index (χ0v) is 24.6. The van der Waals surface area contributed by atoms with Gasteiger partial charge >= 0.3 is 0 Å². The van der Waals surface area contributed by atoms with Crippen molar-refractivity contribution in [2.24, 2.45) is 5.92 Å². The predicted molar refractivity (Wildman–Crippen MR) is 137 cm³/mol. The summed E-state index contributed by atoms with van der Waals surface area (Å²) in [6.07, 6.45) is 8.50. The smallest absolute Gasteiger partial charge is 0.253 e. The predicted octanol–water partition coefficient (Wildman–Crippen LogP) is 6.16. The molecule has 0 spiro atoms. The zero-order chi connectivity index (χ0) is 24.7. The summed E-state index contributed by atoms with van der Waals surface area (Å²) in [5.74, 6) is 1.02. The number of hydrogen-bond acceptors (Lipinski definition) is 4. The van der Waals surface area contributed by atoms with E-state index in [1.807, 2.05) is 4.90 Å². The largest absolute Gasteiger partial charge is 0.508 e. The average molecular weight is 645 g/mol. The van der Waals surface area contributed by atoms with E-state index in [4.69, 9.17) is 0 Å². The molecule has 0 aromatic heterocycles. The van der Waals surface area contributed by atoms with Crippen molar-refractivity contribution in [2.45, 2.75) is 91.2 Å². The number of nitrogens with zero attached hydrogens (tertiary/aromatic N) is 2. The van der Waals surface area contributed by atoms with E-state index < -0.39 is 5.72 Å². The second-order valence-corrected chi connectivity index (χ2v) is 9.14. The second-order valence-electron chi connectivity index (χ2n) is 9.14. The molecule has 1 fully saturated rings. The maximum atomic E-state index is 12.6. The van der Waals surface area contributed by atoms with Gasteiger partial charge in [0.1, 0.15) is 5.75 Å². The van der Waals surface area contributed by atoms with Gasteiger partial charge in [-0.1, -0.05) is 78.2 Å². The van der Waals surface area contributed by atoms with E-state index in [9.17, 15) is 15.0 Å². The Balaban J connectivity index is 0.00000258. The van der Waals surface area contributed by atoms with Gasteiger partial charge in [-0.15, -0.1) is 6.58 Å². The van der Waals surface area contributed by atoms with Crippen LogP contribution in [0.15, 0.2) is 36.7 Å².